The quantitative estimate of drug-likeness (QED) is 0.923. The number of hydrogen-bond acceptors (Lipinski definition) is 2. The average molecular weight is 340 g/mol. The SMILES string of the molecule is Cc1cc(CNCc2c(Br)c(C)nn2C)cc(C)c1F. The topological polar surface area (TPSA) is 29.9 Å². The molecule has 1 heterocycles. The first-order valence-electron chi connectivity index (χ1n) is 6.54. The van der Waals surface area contributed by atoms with E-state index in [-0.39, 0.29) is 5.82 Å². The van der Waals surface area contributed by atoms with Crippen LogP contribution in [0.4, 0.5) is 4.39 Å². The first-order valence-corrected chi connectivity index (χ1v) is 7.33. The predicted octanol–water partition coefficient (Wildman–Crippen LogP) is 3.54. The van der Waals surface area contributed by atoms with Crippen molar-refractivity contribution in [1.82, 2.24) is 15.1 Å². The first-order chi connectivity index (χ1) is 9.40. The lowest BCUT2D eigenvalue weighted by molar-refractivity contribution is 0.602. The van der Waals surface area contributed by atoms with Crippen LogP contribution in [0.15, 0.2) is 16.6 Å². The van der Waals surface area contributed by atoms with Crippen LogP contribution in [0.1, 0.15) is 28.1 Å². The smallest absolute Gasteiger partial charge is 0.129 e. The van der Waals surface area contributed by atoms with Crippen molar-refractivity contribution < 1.29 is 4.39 Å². The molecule has 1 N–H and O–H groups in total. The summed E-state index contributed by atoms with van der Waals surface area (Å²) in [6.07, 6.45) is 0. The maximum Gasteiger partial charge on any atom is 0.129 e. The molecule has 0 radical (unpaired) electrons. The molecule has 0 unspecified atom stereocenters. The van der Waals surface area contributed by atoms with Gasteiger partial charge in [-0.1, -0.05) is 12.1 Å². The number of rotatable bonds is 4. The Morgan fingerprint density at radius 2 is 1.80 bits per heavy atom. The van der Waals surface area contributed by atoms with Gasteiger partial charge in [0, 0.05) is 20.1 Å². The second kappa shape index (κ2) is 6.06. The molecule has 1 aromatic heterocycles. The number of halogens is 2. The molecule has 0 saturated heterocycles. The Morgan fingerprint density at radius 1 is 1.20 bits per heavy atom. The van der Waals surface area contributed by atoms with E-state index in [0.717, 1.165) is 21.4 Å². The highest BCUT2D eigenvalue weighted by Gasteiger charge is 2.10. The Bertz CT molecular complexity index is 611. The Balaban J connectivity index is 2.03. The fourth-order valence-corrected chi connectivity index (χ4v) is 2.81. The van der Waals surface area contributed by atoms with Gasteiger partial charge in [-0.3, -0.25) is 4.68 Å². The Morgan fingerprint density at radius 3 is 2.30 bits per heavy atom. The fourth-order valence-electron chi connectivity index (χ4n) is 2.34. The lowest BCUT2D eigenvalue weighted by Gasteiger charge is -2.09. The van der Waals surface area contributed by atoms with E-state index in [1.807, 2.05) is 30.8 Å². The zero-order chi connectivity index (χ0) is 14.9. The molecule has 0 saturated carbocycles. The fraction of sp³-hybridized carbons (Fsp3) is 0.400. The van der Waals surface area contributed by atoms with Crippen LogP contribution in [-0.2, 0) is 20.1 Å². The average Bonchev–Trinajstić information content (AvgIpc) is 2.62. The van der Waals surface area contributed by atoms with Crippen molar-refractivity contribution in [3.8, 4) is 0 Å². The molecule has 2 rings (SSSR count). The zero-order valence-electron chi connectivity index (χ0n) is 12.2. The zero-order valence-corrected chi connectivity index (χ0v) is 13.8. The van der Waals surface area contributed by atoms with Crippen LogP contribution in [0.25, 0.3) is 0 Å². The van der Waals surface area contributed by atoms with Crippen LogP contribution in [-0.4, -0.2) is 9.78 Å². The highest BCUT2D eigenvalue weighted by Crippen LogP contribution is 2.20. The lowest BCUT2D eigenvalue weighted by atomic mass is 10.1. The Kier molecular flexibility index (Phi) is 4.60. The predicted molar refractivity (Wildman–Crippen MR) is 82.1 cm³/mol. The molecular weight excluding hydrogens is 321 g/mol. The van der Waals surface area contributed by atoms with Gasteiger partial charge in [0.05, 0.1) is 15.9 Å². The van der Waals surface area contributed by atoms with Crippen molar-refractivity contribution >= 4 is 15.9 Å². The summed E-state index contributed by atoms with van der Waals surface area (Å²) in [6.45, 7) is 6.99. The minimum absolute atomic E-state index is 0.112. The highest BCUT2D eigenvalue weighted by atomic mass is 79.9. The molecule has 0 bridgehead atoms. The lowest BCUT2D eigenvalue weighted by Crippen LogP contribution is -2.16. The van der Waals surface area contributed by atoms with Crippen molar-refractivity contribution in [2.45, 2.75) is 33.9 Å². The molecule has 0 fully saturated rings. The van der Waals surface area contributed by atoms with Gasteiger partial charge in [-0.15, -0.1) is 0 Å². The van der Waals surface area contributed by atoms with Crippen molar-refractivity contribution in [2.75, 3.05) is 0 Å². The minimum atomic E-state index is -0.112. The van der Waals surface area contributed by atoms with Crippen LogP contribution in [0.5, 0.6) is 0 Å². The van der Waals surface area contributed by atoms with E-state index in [0.29, 0.717) is 24.2 Å². The van der Waals surface area contributed by atoms with Crippen molar-refractivity contribution in [3.63, 3.8) is 0 Å². The van der Waals surface area contributed by atoms with Gasteiger partial charge < -0.3 is 5.32 Å². The van der Waals surface area contributed by atoms with Gasteiger partial charge in [0.1, 0.15) is 5.82 Å². The molecule has 0 aliphatic carbocycles. The van der Waals surface area contributed by atoms with E-state index in [9.17, 15) is 4.39 Å². The third-order valence-electron chi connectivity index (χ3n) is 3.38. The highest BCUT2D eigenvalue weighted by molar-refractivity contribution is 9.10. The largest absolute Gasteiger partial charge is 0.307 e. The molecule has 2 aromatic rings. The van der Waals surface area contributed by atoms with Crippen molar-refractivity contribution in [1.29, 1.82) is 0 Å². The van der Waals surface area contributed by atoms with Gasteiger partial charge in [0.2, 0.25) is 0 Å². The molecule has 0 atom stereocenters. The third-order valence-corrected chi connectivity index (χ3v) is 4.41. The molecule has 0 spiro atoms. The summed E-state index contributed by atoms with van der Waals surface area (Å²) in [6, 6.07) is 3.78. The second-order valence-corrected chi connectivity index (χ2v) is 5.91. The number of aryl methyl sites for hydroxylation is 4. The second-order valence-electron chi connectivity index (χ2n) is 5.12. The number of hydrogen-bond donors (Lipinski definition) is 1. The summed E-state index contributed by atoms with van der Waals surface area (Å²) >= 11 is 3.55. The number of aromatic nitrogens is 2. The van der Waals surface area contributed by atoms with Gasteiger partial charge in [0.25, 0.3) is 0 Å². The maximum atomic E-state index is 13.6. The summed E-state index contributed by atoms with van der Waals surface area (Å²) in [4.78, 5) is 0. The van der Waals surface area contributed by atoms with Crippen LogP contribution in [0.2, 0.25) is 0 Å². The number of nitrogens with one attached hydrogen (secondary N) is 1. The molecule has 5 heteroatoms. The van der Waals surface area contributed by atoms with E-state index in [1.54, 1.807) is 13.8 Å². The number of nitrogens with zero attached hydrogens (tertiary/aromatic N) is 2. The standard InChI is InChI=1S/C15H19BrFN3/c1-9-5-12(6-10(2)15(9)17)7-18-8-13-14(16)11(3)19-20(13)4/h5-6,18H,7-8H2,1-4H3. The van der Waals surface area contributed by atoms with Crippen molar-refractivity contribution in [2.24, 2.45) is 7.05 Å². The van der Waals surface area contributed by atoms with E-state index in [2.05, 4.69) is 26.3 Å². The molecule has 3 nitrogen and oxygen atoms in total. The molecule has 1 aromatic carbocycles. The van der Waals surface area contributed by atoms with E-state index < -0.39 is 0 Å². The van der Waals surface area contributed by atoms with E-state index in [4.69, 9.17) is 0 Å². The van der Waals surface area contributed by atoms with Gasteiger partial charge in [0.15, 0.2) is 0 Å². The van der Waals surface area contributed by atoms with Gasteiger partial charge in [-0.25, -0.2) is 4.39 Å². The molecule has 20 heavy (non-hydrogen) atoms. The van der Waals surface area contributed by atoms with Gasteiger partial charge >= 0.3 is 0 Å². The number of benzene rings is 1. The molecule has 0 aliphatic rings. The molecule has 0 amide bonds. The van der Waals surface area contributed by atoms with Crippen molar-refractivity contribution in [3.05, 3.63) is 50.5 Å². The molecule has 108 valence electrons. The Labute approximate surface area is 127 Å². The first kappa shape index (κ1) is 15.2. The van der Waals surface area contributed by atoms with Crippen LogP contribution in [0, 0.1) is 26.6 Å². The van der Waals surface area contributed by atoms with E-state index >= 15 is 0 Å². The monoisotopic (exact) mass is 339 g/mol. The van der Waals surface area contributed by atoms with Gasteiger partial charge in [-0.05, 0) is 53.4 Å². The summed E-state index contributed by atoms with van der Waals surface area (Å²) in [7, 11) is 1.93. The maximum absolute atomic E-state index is 13.6. The van der Waals surface area contributed by atoms with E-state index in [1.165, 1.54) is 0 Å². The van der Waals surface area contributed by atoms with Crippen LogP contribution < -0.4 is 5.32 Å². The summed E-state index contributed by atoms with van der Waals surface area (Å²) in [5, 5.41) is 7.73. The summed E-state index contributed by atoms with van der Waals surface area (Å²) in [5.41, 5.74) is 4.57. The summed E-state index contributed by atoms with van der Waals surface area (Å²) in [5.74, 6) is -0.112. The van der Waals surface area contributed by atoms with Crippen LogP contribution >= 0.6 is 15.9 Å². The molecule has 0 aliphatic heterocycles. The third kappa shape index (κ3) is 3.10. The summed E-state index contributed by atoms with van der Waals surface area (Å²) < 4.78 is 16.5. The molecular formula is C15H19BrFN3. The van der Waals surface area contributed by atoms with Crippen LogP contribution in [0.3, 0.4) is 0 Å². The normalized spacial score (nSPS) is 11.1. The Hall–Kier alpha value is -1.20. The minimum Gasteiger partial charge on any atom is -0.307 e. The van der Waals surface area contributed by atoms with Gasteiger partial charge in [-0.2, -0.15) is 5.10 Å².